The van der Waals surface area contributed by atoms with Crippen molar-refractivity contribution in [3.8, 4) is 11.4 Å². The number of hydrogen-bond donors (Lipinski definition) is 0. The summed E-state index contributed by atoms with van der Waals surface area (Å²) in [6.07, 6.45) is 5.08. The second-order valence-electron chi connectivity index (χ2n) is 8.57. The van der Waals surface area contributed by atoms with Crippen LogP contribution in [-0.4, -0.2) is 69.1 Å². The fourth-order valence-corrected chi connectivity index (χ4v) is 4.94. The molecule has 9 heteroatoms. The van der Waals surface area contributed by atoms with Crippen molar-refractivity contribution in [2.75, 3.05) is 38.2 Å². The van der Waals surface area contributed by atoms with E-state index in [0.29, 0.717) is 23.1 Å². The Kier molecular flexibility index (Phi) is 4.67. The van der Waals surface area contributed by atoms with Crippen LogP contribution in [0.3, 0.4) is 0 Å². The highest BCUT2D eigenvalue weighted by Crippen LogP contribution is 2.34. The Morgan fingerprint density at radius 3 is 2.52 bits per heavy atom. The van der Waals surface area contributed by atoms with Crippen molar-refractivity contribution in [2.24, 2.45) is 11.8 Å². The zero-order chi connectivity index (χ0) is 22.4. The molecule has 4 heterocycles. The first-order chi connectivity index (χ1) is 16.2. The molecule has 33 heavy (non-hydrogen) atoms. The lowest BCUT2D eigenvalue weighted by molar-refractivity contribution is 0.0782. The number of anilines is 1. The van der Waals surface area contributed by atoms with Gasteiger partial charge in [-0.15, -0.1) is 0 Å². The summed E-state index contributed by atoms with van der Waals surface area (Å²) in [4.78, 5) is 28.4. The van der Waals surface area contributed by atoms with Gasteiger partial charge in [0.2, 0.25) is 5.95 Å². The van der Waals surface area contributed by atoms with Crippen LogP contribution in [0.1, 0.15) is 10.4 Å². The minimum Gasteiger partial charge on any atom is -0.497 e. The third-order valence-electron chi connectivity index (χ3n) is 6.60. The quantitative estimate of drug-likeness (QED) is 0.481. The number of hydrogen-bond acceptors (Lipinski definition) is 7. The molecule has 2 atom stereocenters. The Hall–Kier alpha value is -4.01. The van der Waals surface area contributed by atoms with Gasteiger partial charge in [-0.25, -0.2) is 9.97 Å². The summed E-state index contributed by atoms with van der Waals surface area (Å²) >= 11 is 0. The van der Waals surface area contributed by atoms with Gasteiger partial charge in [0.05, 0.1) is 36.3 Å². The molecule has 2 saturated heterocycles. The minimum absolute atomic E-state index is 0.0275. The fourth-order valence-electron chi connectivity index (χ4n) is 4.94. The molecular formula is C24H23N7O2. The van der Waals surface area contributed by atoms with E-state index in [9.17, 15) is 4.79 Å². The zero-order valence-corrected chi connectivity index (χ0v) is 18.2. The van der Waals surface area contributed by atoms with E-state index in [1.807, 2.05) is 53.6 Å². The van der Waals surface area contributed by atoms with Crippen molar-refractivity contribution in [3.05, 3.63) is 66.6 Å². The summed E-state index contributed by atoms with van der Waals surface area (Å²) in [6, 6.07) is 13.3. The average Bonchev–Trinajstić information content (AvgIpc) is 3.60. The molecule has 2 aliphatic heterocycles. The van der Waals surface area contributed by atoms with Crippen LogP contribution in [0.4, 0.5) is 5.95 Å². The highest BCUT2D eigenvalue weighted by Gasteiger charge is 2.42. The molecule has 166 valence electrons. The molecule has 2 fully saturated rings. The summed E-state index contributed by atoms with van der Waals surface area (Å²) in [7, 11) is 1.65. The van der Waals surface area contributed by atoms with Crippen molar-refractivity contribution >= 4 is 22.8 Å². The van der Waals surface area contributed by atoms with Gasteiger partial charge in [-0.3, -0.25) is 4.79 Å². The van der Waals surface area contributed by atoms with E-state index in [1.165, 1.54) is 4.80 Å². The monoisotopic (exact) mass is 441 g/mol. The molecule has 2 unspecified atom stereocenters. The molecule has 2 aromatic heterocycles. The van der Waals surface area contributed by atoms with Crippen molar-refractivity contribution in [3.63, 3.8) is 0 Å². The maximum atomic E-state index is 13.4. The van der Waals surface area contributed by atoms with Crippen molar-refractivity contribution in [2.45, 2.75) is 0 Å². The smallest absolute Gasteiger partial charge is 0.256 e. The average molecular weight is 441 g/mol. The van der Waals surface area contributed by atoms with Gasteiger partial charge in [-0.05, 0) is 30.3 Å². The molecule has 6 rings (SSSR count). The molecule has 1 amide bonds. The molecule has 2 aliphatic rings. The van der Waals surface area contributed by atoms with Crippen LogP contribution in [0.25, 0.3) is 16.6 Å². The molecule has 0 bridgehead atoms. The first kappa shape index (κ1) is 19.7. The summed E-state index contributed by atoms with van der Waals surface area (Å²) in [5.41, 5.74) is 2.23. The predicted molar refractivity (Wildman–Crippen MR) is 123 cm³/mol. The lowest BCUT2D eigenvalue weighted by atomic mass is 10.0. The van der Waals surface area contributed by atoms with Gasteiger partial charge >= 0.3 is 0 Å². The number of nitrogens with zero attached hydrogens (tertiary/aromatic N) is 7. The standard InChI is InChI=1S/C24H23N7O2/c1-33-19-6-7-21-16(10-19)11-25-24(28-21)30-14-17-12-29(13-18(17)15-30)23(32)20-4-2-3-5-22(20)31-26-8-9-27-31/h2-11,17-18H,12-15H2,1H3. The number of methoxy groups -OCH3 is 1. The van der Waals surface area contributed by atoms with E-state index in [2.05, 4.69) is 20.1 Å². The van der Waals surface area contributed by atoms with Gasteiger partial charge in [0.1, 0.15) is 5.75 Å². The summed E-state index contributed by atoms with van der Waals surface area (Å²) < 4.78 is 5.29. The SMILES string of the molecule is COc1ccc2nc(N3CC4CN(C(=O)c5ccccc5-n5nccn5)CC4C3)ncc2c1. The summed E-state index contributed by atoms with van der Waals surface area (Å²) in [5, 5.41) is 9.35. The first-order valence-corrected chi connectivity index (χ1v) is 11.0. The molecule has 0 saturated carbocycles. The van der Waals surface area contributed by atoms with Crippen LogP contribution < -0.4 is 9.64 Å². The molecule has 0 aliphatic carbocycles. The van der Waals surface area contributed by atoms with Gasteiger partial charge in [0.25, 0.3) is 5.91 Å². The zero-order valence-electron chi connectivity index (χ0n) is 18.2. The second kappa shape index (κ2) is 7.84. The van der Waals surface area contributed by atoms with Gasteiger partial charge in [0.15, 0.2) is 0 Å². The molecule has 4 aromatic rings. The summed E-state index contributed by atoms with van der Waals surface area (Å²) in [6.45, 7) is 3.15. The van der Waals surface area contributed by atoms with Gasteiger partial charge in [0, 0.05) is 49.6 Å². The number of fused-ring (bicyclic) bond motifs is 2. The Morgan fingerprint density at radius 2 is 1.76 bits per heavy atom. The molecular weight excluding hydrogens is 418 g/mol. The van der Waals surface area contributed by atoms with E-state index in [4.69, 9.17) is 9.72 Å². The van der Waals surface area contributed by atoms with Crippen LogP contribution in [0, 0.1) is 11.8 Å². The number of ether oxygens (including phenoxy) is 1. The number of likely N-dealkylation sites (tertiary alicyclic amines) is 1. The van der Waals surface area contributed by atoms with Crippen molar-refractivity contribution in [1.29, 1.82) is 0 Å². The van der Waals surface area contributed by atoms with E-state index in [0.717, 1.165) is 48.8 Å². The minimum atomic E-state index is 0.0275. The Morgan fingerprint density at radius 1 is 1.00 bits per heavy atom. The normalized spacial score (nSPS) is 19.8. The number of aromatic nitrogens is 5. The number of para-hydroxylation sites is 1. The lowest BCUT2D eigenvalue weighted by Crippen LogP contribution is -2.34. The predicted octanol–water partition coefficient (Wildman–Crippen LogP) is 2.43. The number of carbonyl (C=O) groups is 1. The Labute approximate surface area is 190 Å². The maximum Gasteiger partial charge on any atom is 0.256 e. The number of carbonyl (C=O) groups excluding carboxylic acids is 1. The number of amides is 1. The van der Waals surface area contributed by atoms with Crippen LogP contribution in [-0.2, 0) is 0 Å². The second-order valence-corrected chi connectivity index (χ2v) is 8.57. The largest absolute Gasteiger partial charge is 0.497 e. The number of rotatable bonds is 4. The molecule has 9 nitrogen and oxygen atoms in total. The molecule has 2 aromatic carbocycles. The van der Waals surface area contributed by atoms with Gasteiger partial charge in [-0.2, -0.15) is 15.0 Å². The topological polar surface area (TPSA) is 89.3 Å². The highest BCUT2D eigenvalue weighted by atomic mass is 16.5. The lowest BCUT2D eigenvalue weighted by Gasteiger charge is -2.22. The van der Waals surface area contributed by atoms with Crippen molar-refractivity contribution in [1.82, 2.24) is 29.9 Å². The van der Waals surface area contributed by atoms with Gasteiger partial charge in [-0.1, -0.05) is 12.1 Å². The first-order valence-electron chi connectivity index (χ1n) is 11.0. The number of benzene rings is 2. The molecule has 0 N–H and O–H groups in total. The Balaban J connectivity index is 1.17. The third kappa shape index (κ3) is 3.45. The maximum absolute atomic E-state index is 13.4. The van der Waals surface area contributed by atoms with Crippen LogP contribution in [0.2, 0.25) is 0 Å². The third-order valence-corrected chi connectivity index (χ3v) is 6.60. The Bertz CT molecular complexity index is 1310. The van der Waals surface area contributed by atoms with E-state index in [1.54, 1.807) is 19.5 Å². The fraction of sp³-hybridized carbons (Fsp3) is 0.292. The van der Waals surface area contributed by atoms with Crippen molar-refractivity contribution < 1.29 is 9.53 Å². The van der Waals surface area contributed by atoms with E-state index >= 15 is 0 Å². The molecule has 0 spiro atoms. The van der Waals surface area contributed by atoms with E-state index in [-0.39, 0.29) is 5.91 Å². The van der Waals surface area contributed by atoms with E-state index < -0.39 is 0 Å². The van der Waals surface area contributed by atoms with Crippen LogP contribution >= 0.6 is 0 Å². The van der Waals surface area contributed by atoms with Crippen LogP contribution in [0.15, 0.2) is 61.1 Å². The highest BCUT2D eigenvalue weighted by molar-refractivity contribution is 5.98. The van der Waals surface area contributed by atoms with Gasteiger partial charge < -0.3 is 14.5 Å². The van der Waals surface area contributed by atoms with Crippen LogP contribution in [0.5, 0.6) is 5.75 Å². The summed E-state index contributed by atoms with van der Waals surface area (Å²) in [5.74, 6) is 2.37. The molecule has 0 radical (unpaired) electrons.